The normalized spacial score (nSPS) is 10.8. The van der Waals surface area contributed by atoms with Gasteiger partial charge in [0.1, 0.15) is 0 Å². The summed E-state index contributed by atoms with van der Waals surface area (Å²) >= 11 is 0. The van der Waals surface area contributed by atoms with Gasteiger partial charge in [-0.3, -0.25) is 19.2 Å². The molecule has 0 aromatic heterocycles. The quantitative estimate of drug-likeness (QED) is 0.0714. The van der Waals surface area contributed by atoms with Crippen molar-refractivity contribution < 1.29 is 60.0 Å². The molecule has 0 heterocycles. The molecule has 0 aliphatic rings. The van der Waals surface area contributed by atoms with Gasteiger partial charge in [0.05, 0.1) is 0 Å². The summed E-state index contributed by atoms with van der Waals surface area (Å²) < 4.78 is 0. The van der Waals surface area contributed by atoms with Gasteiger partial charge in [-0.25, -0.2) is 0 Å². The summed E-state index contributed by atoms with van der Waals surface area (Å²) in [6.45, 7) is 0. The van der Waals surface area contributed by atoms with E-state index in [1.165, 1.54) is 0 Å². The number of hydrogen-bond acceptors (Lipinski definition) is 4. The topological polar surface area (TPSA) is 68.3 Å². The molecule has 74 heavy (non-hydrogen) atoms. The van der Waals surface area contributed by atoms with Gasteiger partial charge in [0.2, 0.25) is 0 Å². The van der Waals surface area contributed by atoms with Crippen molar-refractivity contribution in [2.75, 3.05) is 0 Å². The number of allylic oxidation sites excluding steroid dienone is 8. The first-order chi connectivity index (χ1) is 35.4. The zero-order valence-electron chi connectivity index (χ0n) is 40.6. The van der Waals surface area contributed by atoms with Crippen LogP contribution < -0.4 is 0 Å². The largest absolute Gasteiger partial charge is 0.290 e. The molecular weight excluding hydrogens is 1090 g/mol. The molecule has 0 saturated carbocycles. The second-order valence-electron chi connectivity index (χ2n) is 15.6. The average Bonchev–Trinajstić information content (AvgIpc) is 3.45. The number of hydrogen-bond donors (Lipinski definition) is 0. The van der Waals surface area contributed by atoms with E-state index >= 15 is 0 Å². The molecular formula is C68H56O4Pd2. The van der Waals surface area contributed by atoms with Crippen molar-refractivity contribution in [1.29, 1.82) is 0 Å². The van der Waals surface area contributed by atoms with Gasteiger partial charge in [0, 0.05) is 40.8 Å². The first kappa shape index (κ1) is 60.0. The molecule has 372 valence electrons. The smallest absolute Gasteiger partial charge is 0.178 e. The van der Waals surface area contributed by atoms with Crippen LogP contribution in [0, 0.1) is 0 Å². The third-order valence-corrected chi connectivity index (χ3v) is 9.92. The summed E-state index contributed by atoms with van der Waals surface area (Å²) in [5.41, 5.74) is 8.21. The van der Waals surface area contributed by atoms with Gasteiger partial charge in [0.25, 0.3) is 0 Å². The Balaban J connectivity index is 0.000000258. The Morgan fingerprint density at radius 2 is 0.270 bits per heavy atom. The average molecular weight is 1150 g/mol. The predicted molar refractivity (Wildman–Crippen MR) is 304 cm³/mol. The Kier molecular flexibility index (Phi) is 30.4. The van der Waals surface area contributed by atoms with E-state index < -0.39 is 0 Å². The fourth-order valence-corrected chi connectivity index (χ4v) is 6.16. The maximum Gasteiger partial charge on any atom is 0.178 e. The SMILES string of the molecule is O=C(C=Cc1ccccc1)C=Cc1ccccc1.O=C(C=Cc1ccccc1)C=Cc1ccccc1.O=C(C=Cc1ccccc1)C=Cc1ccccc1.O=C(C=Cc1ccccc1)C=Cc1ccccc1.[Pd].[Pd]. The van der Waals surface area contributed by atoms with Gasteiger partial charge >= 0.3 is 0 Å². The summed E-state index contributed by atoms with van der Waals surface area (Å²) in [4.78, 5) is 46.5. The third kappa shape index (κ3) is 27.3. The van der Waals surface area contributed by atoms with Crippen LogP contribution >= 0.6 is 0 Å². The van der Waals surface area contributed by atoms with Gasteiger partial charge in [-0.15, -0.1) is 0 Å². The van der Waals surface area contributed by atoms with Crippen molar-refractivity contribution in [1.82, 2.24) is 0 Å². The second-order valence-corrected chi connectivity index (χ2v) is 15.6. The van der Waals surface area contributed by atoms with Crippen molar-refractivity contribution in [3.05, 3.63) is 336 Å². The van der Waals surface area contributed by atoms with E-state index in [0.717, 1.165) is 44.5 Å². The Morgan fingerprint density at radius 3 is 0.365 bits per heavy atom. The molecule has 0 saturated heterocycles. The number of benzene rings is 8. The van der Waals surface area contributed by atoms with E-state index in [2.05, 4.69) is 0 Å². The molecule has 0 atom stereocenters. The predicted octanol–water partition coefficient (Wildman–Crippen LogP) is 15.9. The standard InChI is InChI=1S/4C17H14O.2Pd/c4*18-17(13-11-15-7-3-1-4-8-15)14-12-16-9-5-2-6-10-16;;/h4*1-14H;;. The summed E-state index contributed by atoms with van der Waals surface area (Å²) in [5.74, 6) is -0.0455. The first-order valence-corrected chi connectivity index (χ1v) is 23.4. The zero-order chi connectivity index (χ0) is 50.5. The second kappa shape index (κ2) is 37.5. The minimum Gasteiger partial charge on any atom is -0.290 e. The van der Waals surface area contributed by atoms with Crippen molar-refractivity contribution in [2.45, 2.75) is 0 Å². The van der Waals surface area contributed by atoms with Gasteiger partial charge < -0.3 is 0 Å². The Hall–Kier alpha value is -8.32. The molecule has 0 aliphatic carbocycles. The Labute approximate surface area is 464 Å². The van der Waals surface area contributed by atoms with E-state index in [4.69, 9.17) is 0 Å². The van der Waals surface area contributed by atoms with Gasteiger partial charge in [-0.1, -0.05) is 291 Å². The molecule has 0 unspecified atom stereocenters. The van der Waals surface area contributed by atoms with Crippen LogP contribution in [0.5, 0.6) is 0 Å². The number of carbonyl (C=O) groups is 4. The molecule has 0 spiro atoms. The van der Waals surface area contributed by atoms with Crippen molar-refractivity contribution in [2.24, 2.45) is 0 Å². The maximum atomic E-state index is 11.6. The summed E-state index contributed by atoms with van der Waals surface area (Å²) in [6.07, 6.45) is 27.2. The third-order valence-electron chi connectivity index (χ3n) is 9.92. The molecule has 8 aromatic carbocycles. The van der Waals surface area contributed by atoms with Crippen LogP contribution in [0.4, 0.5) is 0 Å². The van der Waals surface area contributed by atoms with E-state index in [1.807, 2.05) is 291 Å². The zero-order valence-corrected chi connectivity index (χ0v) is 43.7. The Morgan fingerprint density at radius 1 is 0.176 bits per heavy atom. The maximum absolute atomic E-state index is 11.6. The molecule has 0 bridgehead atoms. The fraction of sp³-hybridized carbons (Fsp3) is 0. The summed E-state index contributed by atoms with van der Waals surface area (Å²) in [5, 5.41) is 0. The van der Waals surface area contributed by atoms with E-state index in [0.29, 0.717) is 0 Å². The summed E-state index contributed by atoms with van der Waals surface area (Å²) in [7, 11) is 0. The minimum absolute atomic E-state index is 0. The van der Waals surface area contributed by atoms with Crippen LogP contribution in [0.3, 0.4) is 0 Å². The monoisotopic (exact) mass is 1150 g/mol. The van der Waals surface area contributed by atoms with E-state index in [9.17, 15) is 19.2 Å². The molecule has 8 aromatic rings. The molecule has 0 aliphatic heterocycles. The van der Waals surface area contributed by atoms with Crippen molar-refractivity contribution in [3.8, 4) is 0 Å². The first-order valence-electron chi connectivity index (χ1n) is 23.4. The molecule has 0 amide bonds. The van der Waals surface area contributed by atoms with E-state index in [1.54, 1.807) is 48.6 Å². The van der Waals surface area contributed by atoms with Crippen LogP contribution in [-0.4, -0.2) is 23.1 Å². The van der Waals surface area contributed by atoms with Crippen LogP contribution in [-0.2, 0) is 60.0 Å². The van der Waals surface area contributed by atoms with Crippen LogP contribution in [0.2, 0.25) is 0 Å². The van der Waals surface area contributed by atoms with Crippen molar-refractivity contribution in [3.63, 3.8) is 0 Å². The number of ketones is 4. The van der Waals surface area contributed by atoms with Crippen LogP contribution in [0.25, 0.3) is 48.6 Å². The molecule has 8 rings (SSSR count). The Bertz CT molecular complexity index is 2440. The van der Waals surface area contributed by atoms with Crippen molar-refractivity contribution >= 4 is 71.7 Å². The van der Waals surface area contributed by atoms with Gasteiger partial charge in [-0.2, -0.15) is 0 Å². The molecule has 4 nitrogen and oxygen atoms in total. The molecule has 0 N–H and O–H groups in total. The van der Waals surface area contributed by atoms with Crippen LogP contribution in [0.15, 0.2) is 291 Å². The van der Waals surface area contributed by atoms with Gasteiger partial charge in [-0.05, 0) is 93.1 Å². The van der Waals surface area contributed by atoms with Crippen LogP contribution in [0.1, 0.15) is 44.5 Å². The molecule has 6 heteroatoms. The molecule has 0 fully saturated rings. The number of carbonyl (C=O) groups excluding carboxylic acids is 4. The fourth-order valence-electron chi connectivity index (χ4n) is 6.16. The minimum atomic E-state index is -0.0114. The van der Waals surface area contributed by atoms with E-state index in [-0.39, 0.29) is 64.0 Å². The summed E-state index contributed by atoms with van der Waals surface area (Å²) in [6, 6.07) is 78.2. The van der Waals surface area contributed by atoms with Gasteiger partial charge in [0.15, 0.2) is 23.1 Å². The number of rotatable bonds is 16. The molecule has 0 radical (unpaired) electrons.